The van der Waals surface area contributed by atoms with Gasteiger partial charge in [-0.05, 0) is 12.8 Å². The molecule has 8 nitrogen and oxygen atoms in total. The molecule has 0 bridgehead atoms. The second kappa shape index (κ2) is 11.1. The molecule has 0 saturated heterocycles. The third-order valence-electron chi connectivity index (χ3n) is 1.51. The van der Waals surface area contributed by atoms with Crippen LogP contribution in [0.2, 0.25) is 0 Å². The molecule has 4 N–H and O–H groups in total. The predicted molar refractivity (Wildman–Crippen MR) is 65.8 cm³/mol. The Bertz CT molecular complexity index is 242. The first-order valence-electron chi connectivity index (χ1n) is 5.52. The van der Waals surface area contributed by atoms with Crippen LogP contribution in [0.15, 0.2) is 0 Å². The minimum absolute atomic E-state index is 0.140. The second-order valence-corrected chi connectivity index (χ2v) is 5.83. The number of phosphoric acid groups is 2. The third kappa shape index (κ3) is 25.2. The second-order valence-electron chi connectivity index (χ2n) is 3.35. The van der Waals surface area contributed by atoms with Gasteiger partial charge in [0.15, 0.2) is 0 Å². The first-order valence-corrected chi connectivity index (χ1v) is 8.58. The van der Waals surface area contributed by atoms with Gasteiger partial charge in [0.2, 0.25) is 0 Å². The summed E-state index contributed by atoms with van der Waals surface area (Å²) in [6, 6.07) is 0. The summed E-state index contributed by atoms with van der Waals surface area (Å²) >= 11 is 0. The molecule has 0 aliphatic heterocycles. The highest BCUT2D eigenvalue weighted by molar-refractivity contribution is 7.46. The molecule has 0 aliphatic carbocycles. The Morgan fingerprint density at radius 2 is 1.06 bits per heavy atom. The Labute approximate surface area is 107 Å². The van der Waals surface area contributed by atoms with Gasteiger partial charge in [0.1, 0.15) is 0 Å². The number of unbranched alkanes of at least 4 members (excludes halogenated alkanes) is 2. The van der Waals surface area contributed by atoms with E-state index in [-0.39, 0.29) is 13.2 Å². The van der Waals surface area contributed by atoms with Gasteiger partial charge in [-0.1, -0.05) is 26.7 Å². The van der Waals surface area contributed by atoms with Crippen LogP contribution in [0, 0.1) is 0 Å². The van der Waals surface area contributed by atoms with Crippen molar-refractivity contribution < 1.29 is 37.8 Å². The first-order chi connectivity index (χ1) is 8.12. The Morgan fingerprint density at radius 3 is 1.22 bits per heavy atom. The zero-order chi connectivity index (χ0) is 14.7. The monoisotopic (exact) mass is 308 g/mol. The number of rotatable bonds is 8. The lowest BCUT2D eigenvalue weighted by Crippen LogP contribution is -1.90. The first kappa shape index (κ1) is 20.5. The van der Waals surface area contributed by atoms with E-state index in [1.54, 1.807) is 0 Å². The maximum absolute atomic E-state index is 9.98. The van der Waals surface area contributed by atoms with E-state index in [1.807, 2.05) is 13.8 Å². The zero-order valence-electron chi connectivity index (χ0n) is 10.6. The molecule has 0 atom stereocenters. The van der Waals surface area contributed by atoms with Crippen molar-refractivity contribution in [2.45, 2.75) is 39.5 Å². The van der Waals surface area contributed by atoms with Crippen LogP contribution in [0.3, 0.4) is 0 Å². The van der Waals surface area contributed by atoms with Crippen LogP contribution in [-0.2, 0) is 18.2 Å². The van der Waals surface area contributed by atoms with Crippen molar-refractivity contribution in [3.63, 3.8) is 0 Å². The molecule has 0 unspecified atom stereocenters. The fourth-order valence-electron chi connectivity index (χ4n) is 0.656. The molecule has 0 radical (unpaired) electrons. The molecule has 10 heteroatoms. The van der Waals surface area contributed by atoms with Crippen molar-refractivity contribution in [2.24, 2.45) is 0 Å². The van der Waals surface area contributed by atoms with E-state index >= 15 is 0 Å². The highest BCUT2D eigenvalue weighted by Crippen LogP contribution is 2.36. The van der Waals surface area contributed by atoms with Crippen molar-refractivity contribution in [1.82, 2.24) is 0 Å². The van der Waals surface area contributed by atoms with Crippen LogP contribution >= 0.6 is 15.6 Å². The van der Waals surface area contributed by atoms with Gasteiger partial charge in [-0.2, -0.15) is 0 Å². The Morgan fingerprint density at radius 1 is 0.778 bits per heavy atom. The summed E-state index contributed by atoms with van der Waals surface area (Å²) in [6.07, 6.45) is 3.12. The molecule has 0 fully saturated rings. The molecule has 0 aromatic rings. The van der Waals surface area contributed by atoms with Gasteiger partial charge in [0.05, 0.1) is 13.2 Å². The van der Waals surface area contributed by atoms with E-state index in [0.29, 0.717) is 12.8 Å². The molecular weight excluding hydrogens is 286 g/mol. The van der Waals surface area contributed by atoms with Crippen molar-refractivity contribution >= 4 is 15.6 Å². The van der Waals surface area contributed by atoms with Crippen LogP contribution in [0.1, 0.15) is 39.5 Å². The third-order valence-corrected chi connectivity index (χ3v) is 2.55. The molecule has 18 heavy (non-hydrogen) atoms. The van der Waals surface area contributed by atoms with E-state index in [2.05, 4.69) is 9.05 Å². The van der Waals surface area contributed by atoms with Crippen LogP contribution in [0.5, 0.6) is 0 Å². The average molecular weight is 308 g/mol. The van der Waals surface area contributed by atoms with E-state index in [4.69, 9.17) is 19.6 Å². The lowest BCUT2D eigenvalue weighted by molar-refractivity contribution is 0.193. The van der Waals surface area contributed by atoms with Gasteiger partial charge in [0, 0.05) is 0 Å². The highest BCUT2D eigenvalue weighted by Gasteiger charge is 2.12. The number of phosphoric ester groups is 2. The molecule has 0 heterocycles. The largest absolute Gasteiger partial charge is 0.469 e. The summed E-state index contributed by atoms with van der Waals surface area (Å²) in [7, 11) is -8.39. The molecule has 0 rings (SSSR count). The number of hydrogen-bond acceptors (Lipinski definition) is 4. The Balaban J connectivity index is 0. The average Bonchev–Trinajstić information content (AvgIpc) is 2.16. The maximum Gasteiger partial charge on any atom is 0.469 e. The van der Waals surface area contributed by atoms with E-state index in [9.17, 15) is 9.13 Å². The van der Waals surface area contributed by atoms with Crippen LogP contribution in [0.25, 0.3) is 0 Å². The van der Waals surface area contributed by atoms with E-state index in [0.717, 1.165) is 12.8 Å². The Hall–Kier alpha value is 0.220. The minimum atomic E-state index is -4.20. The lowest BCUT2D eigenvalue weighted by atomic mass is 10.4. The minimum Gasteiger partial charge on any atom is -0.303 e. The molecular formula is C8H22O8P2. The van der Waals surface area contributed by atoms with Crippen molar-refractivity contribution in [3.8, 4) is 0 Å². The molecule has 0 spiro atoms. The SMILES string of the molecule is CCCCOP(=O)(O)O.CCCCOP(=O)(O)O. The van der Waals surface area contributed by atoms with Gasteiger partial charge in [-0.3, -0.25) is 9.05 Å². The predicted octanol–water partition coefficient (Wildman–Crippen LogP) is 1.79. The number of hydrogen-bond donors (Lipinski definition) is 4. The zero-order valence-corrected chi connectivity index (χ0v) is 12.3. The molecule has 112 valence electrons. The summed E-state index contributed by atoms with van der Waals surface area (Å²) in [5.41, 5.74) is 0. The summed E-state index contributed by atoms with van der Waals surface area (Å²) in [5.74, 6) is 0. The van der Waals surface area contributed by atoms with Gasteiger partial charge >= 0.3 is 15.6 Å². The van der Waals surface area contributed by atoms with Gasteiger partial charge in [-0.15, -0.1) is 0 Å². The Kier molecular flexibility index (Phi) is 12.6. The fourth-order valence-corrected chi connectivity index (χ4v) is 1.39. The summed E-state index contributed by atoms with van der Waals surface area (Å²) in [4.78, 5) is 32.5. The topological polar surface area (TPSA) is 134 Å². The lowest BCUT2D eigenvalue weighted by Gasteiger charge is -2.02. The molecule has 0 aliphatic rings. The van der Waals surface area contributed by atoms with Crippen molar-refractivity contribution in [1.29, 1.82) is 0 Å². The molecule has 0 aromatic heterocycles. The van der Waals surface area contributed by atoms with Crippen LogP contribution in [0.4, 0.5) is 0 Å². The maximum atomic E-state index is 9.98. The van der Waals surface area contributed by atoms with E-state index in [1.165, 1.54) is 0 Å². The van der Waals surface area contributed by atoms with Gasteiger partial charge in [-0.25, -0.2) is 9.13 Å². The molecule has 0 amide bonds. The standard InChI is InChI=1S/2C4H11O4P/c2*1-2-3-4-8-9(5,6)7/h2*2-4H2,1H3,(H2,5,6,7). The highest BCUT2D eigenvalue weighted by atomic mass is 31.2. The van der Waals surface area contributed by atoms with Gasteiger partial charge in [0.25, 0.3) is 0 Å². The molecule has 0 saturated carbocycles. The van der Waals surface area contributed by atoms with Crippen LogP contribution < -0.4 is 0 Å². The normalized spacial score (nSPS) is 11.9. The summed E-state index contributed by atoms with van der Waals surface area (Å²) in [6.45, 7) is 4.12. The summed E-state index contributed by atoms with van der Waals surface area (Å²) < 4.78 is 28.2. The quantitative estimate of drug-likeness (QED) is 0.394. The van der Waals surface area contributed by atoms with Crippen LogP contribution in [-0.4, -0.2) is 32.8 Å². The molecule has 0 aromatic carbocycles. The smallest absolute Gasteiger partial charge is 0.303 e. The van der Waals surface area contributed by atoms with Crippen molar-refractivity contribution in [2.75, 3.05) is 13.2 Å². The summed E-state index contributed by atoms with van der Waals surface area (Å²) in [5, 5.41) is 0. The van der Waals surface area contributed by atoms with Gasteiger partial charge < -0.3 is 19.6 Å². The van der Waals surface area contributed by atoms with E-state index < -0.39 is 15.6 Å². The fraction of sp³-hybridized carbons (Fsp3) is 1.00. The van der Waals surface area contributed by atoms with Crippen molar-refractivity contribution in [3.05, 3.63) is 0 Å².